The Balaban J connectivity index is -0.00000167. The lowest BCUT2D eigenvalue weighted by Crippen LogP contribution is -2.39. The number of rotatable bonds is 40. The zero-order chi connectivity index (χ0) is 64.1. The molecule has 0 aliphatic carbocycles. The first-order valence-corrected chi connectivity index (χ1v) is 26.1. The van der Waals surface area contributed by atoms with Gasteiger partial charge in [-0.1, -0.05) is 94.5 Å². The summed E-state index contributed by atoms with van der Waals surface area (Å²) in [5.41, 5.74) is -5.08. The second kappa shape index (κ2) is 44.0. The van der Waals surface area contributed by atoms with Crippen LogP contribution >= 0.6 is 0 Å². The molecule has 0 fully saturated rings. The molecule has 0 saturated heterocycles. The first kappa shape index (κ1) is 78.6. The predicted octanol–water partition coefficient (Wildman–Crippen LogP) is 6.73. The van der Waals surface area contributed by atoms with Gasteiger partial charge in [0, 0.05) is 55.4 Å². The standard InChI is InChI=1S/C37H51NO14.C15H20O6.C7H11NO2/c1-9-28(39)47-21-35(13-5,22-48-29(40)10-2)25-51-32(43)15-17-37(20-38,34(45)46-19-27(7)8)18-16-33(44)52-26-36(14-6,23-49-30(41)11-3)24-50-31(42)12-4;1-5-12(16)19-9-15(8-4,10-20-13(17)6-2)11-21-14(18)7-3;1-6(2)5-10-7(9)4-8-3/h9-12,27H,1-4,13-19,21-26H2,5-8H3;5-7H,1-3,8-11H2,4H3;6H,4-5H2,1-2H3. The summed E-state index contributed by atoms with van der Waals surface area (Å²) in [6, 6.07) is 1.92. The lowest BCUT2D eigenvalue weighted by atomic mass is 9.80. The first-order valence-electron chi connectivity index (χ1n) is 26.1. The lowest BCUT2D eigenvalue weighted by molar-refractivity contribution is -0.161. The molecule has 0 aromatic rings. The van der Waals surface area contributed by atoms with Crippen LogP contribution in [0.2, 0.25) is 0 Å². The van der Waals surface area contributed by atoms with E-state index in [2.05, 4.69) is 50.9 Å². The Hall–Kier alpha value is -8.67. The highest BCUT2D eigenvalue weighted by Crippen LogP contribution is 2.33. The monoisotopic (exact) mass is 1170 g/mol. The fourth-order valence-electron chi connectivity index (χ4n) is 5.75. The van der Waals surface area contributed by atoms with Crippen LogP contribution in [0, 0.1) is 51.4 Å². The van der Waals surface area contributed by atoms with E-state index in [0.717, 1.165) is 42.5 Å². The number of hydrogen-bond donors (Lipinski definition) is 0. The van der Waals surface area contributed by atoms with Crippen molar-refractivity contribution in [2.45, 2.75) is 93.4 Å². The van der Waals surface area contributed by atoms with Crippen molar-refractivity contribution < 1.29 is 105 Å². The van der Waals surface area contributed by atoms with Gasteiger partial charge in [-0.3, -0.25) is 14.4 Å². The van der Waals surface area contributed by atoms with E-state index in [4.69, 9.17) is 58.7 Å². The van der Waals surface area contributed by atoms with Gasteiger partial charge >= 0.3 is 72.2 Å². The molecular formula is C59H82N2O22. The highest BCUT2D eigenvalue weighted by Gasteiger charge is 2.43. The maximum absolute atomic E-state index is 13.3. The Kier molecular flexibility index (Phi) is 41.7. The summed E-state index contributed by atoms with van der Waals surface area (Å²) in [6.45, 7) is 40.3. The smallest absolute Gasteiger partial charge is 0.387 e. The normalized spacial score (nSPS) is 10.6. The molecule has 0 amide bonds. The summed E-state index contributed by atoms with van der Waals surface area (Å²) >= 11 is 0. The van der Waals surface area contributed by atoms with Gasteiger partial charge in [-0.2, -0.15) is 5.26 Å². The van der Waals surface area contributed by atoms with Crippen molar-refractivity contribution in [2.75, 3.05) is 79.2 Å². The Morgan fingerprint density at radius 1 is 0.422 bits per heavy atom. The van der Waals surface area contributed by atoms with E-state index in [0.29, 0.717) is 18.9 Å². The predicted molar refractivity (Wildman–Crippen MR) is 298 cm³/mol. The minimum Gasteiger partial charge on any atom is -0.465 e. The number of ether oxygens (including phenoxy) is 11. The van der Waals surface area contributed by atoms with Gasteiger partial charge in [-0.05, 0) is 43.9 Å². The SMILES string of the molecule is C=CC(=O)OCC(CC)(COC(=O)C=C)COC(=O)C=C.C=CC(=O)OCC(CC)(COC(=O)C=C)COC(=O)CCC(C#N)(CCC(=O)OCC(CC)(COC(=O)C=C)COC(=O)C=C)C(=O)OCC(C)C.[C-]#[N+]CC(=O)OCC(C)C. The van der Waals surface area contributed by atoms with E-state index in [1.165, 1.54) is 0 Å². The second-order valence-corrected chi connectivity index (χ2v) is 19.1. The molecule has 0 bridgehead atoms. The summed E-state index contributed by atoms with van der Waals surface area (Å²) in [7, 11) is 0. The van der Waals surface area contributed by atoms with Crippen LogP contribution in [0.5, 0.6) is 0 Å². The number of hydrogen-bond acceptors (Lipinski definition) is 23. The molecule has 0 rings (SSSR count). The molecule has 83 heavy (non-hydrogen) atoms. The zero-order valence-electron chi connectivity index (χ0n) is 49.0. The molecule has 0 aromatic heterocycles. The van der Waals surface area contributed by atoms with E-state index in [9.17, 15) is 58.0 Å². The van der Waals surface area contributed by atoms with Crippen molar-refractivity contribution in [3.8, 4) is 6.07 Å². The summed E-state index contributed by atoms with van der Waals surface area (Å²) in [5.74, 6) is -7.62. The van der Waals surface area contributed by atoms with Gasteiger partial charge in [-0.25, -0.2) is 44.9 Å². The second-order valence-electron chi connectivity index (χ2n) is 19.1. The molecule has 24 nitrogen and oxygen atoms in total. The van der Waals surface area contributed by atoms with Crippen molar-refractivity contribution >= 4 is 65.7 Å². The van der Waals surface area contributed by atoms with Crippen LogP contribution in [0.3, 0.4) is 0 Å². The van der Waals surface area contributed by atoms with Crippen LogP contribution in [0.4, 0.5) is 0 Å². The Morgan fingerprint density at radius 2 is 0.663 bits per heavy atom. The molecule has 460 valence electrons. The Bertz CT molecular complexity index is 2130. The molecule has 0 aliphatic heterocycles. The Morgan fingerprint density at radius 3 is 0.867 bits per heavy atom. The fourth-order valence-corrected chi connectivity index (χ4v) is 5.75. The minimum absolute atomic E-state index is 0.0328. The molecule has 0 aliphatic rings. The highest BCUT2D eigenvalue weighted by atomic mass is 16.6. The third kappa shape index (κ3) is 35.6. The van der Waals surface area contributed by atoms with Crippen LogP contribution < -0.4 is 0 Å². The lowest BCUT2D eigenvalue weighted by Gasteiger charge is -2.31. The molecule has 0 heterocycles. The summed E-state index contributed by atoms with van der Waals surface area (Å²) in [4.78, 5) is 133. The number of carbonyl (C=O) groups excluding carboxylic acids is 11. The van der Waals surface area contributed by atoms with Gasteiger partial charge in [0.1, 0.15) is 59.5 Å². The molecular weight excluding hydrogens is 1090 g/mol. The van der Waals surface area contributed by atoms with Gasteiger partial charge in [0.15, 0.2) is 5.41 Å². The molecule has 0 spiro atoms. The average molecular weight is 1170 g/mol. The number of carbonyl (C=O) groups is 11. The van der Waals surface area contributed by atoms with Crippen LogP contribution in [-0.4, -0.2) is 145 Å². The number of nitrogens with zero attached hydrogens (tertiary/aromatic N) is 2. The molecule has 0 saturated carbocycles. The van der Waals surface area contributed by atoms with E-state index >= 15 is 0 Å². The Labute approximate surface area is 486 Å². The topological polar surface area (TPSA) is 317 Å². The molecule has 0 radical (unpaired) electrons. The van der Waals surface area contributed by atoms with E-state index in [-0.39, 0.29) is 91.4 Å². The van der Waals surface area contributed by atoms with Gasteiger partial charge in [0.25, 0.3) is 0 Å². The minimum atomic E-state index is -1.96. The van der Waals surface area contributed by atoms with Crippen LogP contribution in [0.1, 0.15) is 93.4 Å². The third-order valence-corrected chi connectivity index (χ3v) is 11.6. The molecule has 0 unspecified atom stereocenters. The number of nitriles is 1. The fraction of sp³-hybridized carbons (Fsp3) is 0.542. The largest absolute Gasteiger partial charge is 0.465 e. The van der Waals surface area contributed by atoms with E-state index in [1.807, 2.05) is 19.9 Å². The van der Waals surface area contributed by atoms with E-state index < -0.39 is 113 Å². The van der Waals surface area contributed by atoms with Crippen LogP contribution in [0.15, 0.2) is 88.6 Å². The van der Waals surface area contributed by atoms with Crippen molar-refractivity contribution in [2.24, 2.45) is 33.5 Å². The molecule has 24 heteroatoms. The van der Waals surface area contributed by atoms with Crippen molar-refractivity contribution in [3.63, 3.8) is 0 Å². The third-order valence-electron chi connectivity index (χ3n) is 11.6. The summed E-state index contributed by atoms with van der Waals surface area (Å²) in [6.07, 6.45) is 6.07. The van der Waals surface area contributed by atoms with Crippen molar-refractivity contribution in [3.05, 3.63) is 100 Å². The first-order chi connectivity index (χ1) is 39.1. The maximum Gasteiger partial charge on any atom is 0.387 e. The van der Waals surface area contributed by atoms with E-state index in [1.54, 1.807) is 34.6 Å². The van der Waals surface area contributed by atoms with Gasteiger partial charge in [0.2, 0.25) is 0 Å². The molecule has 0 aromatic carbocycles. The quantitative estimate of drug-likeness (QED) is 0.0266. The summed E-state index contributed by atoms with van der Waals surface area (Å²) in [5, 5.41) is 10.2. The van der Waals surface area contributed by atoms with Gasteiger partial charge < -0.3 is 57.0 Å². The van der Waals surface area contributed by atoms with Crippen molar-refractivity contribution in [1.29, 1.82) is 5.26 Å². The maximum atomic E-state index is 13.3. The molecule has 0 atom stereocenters. The van der Waals surface area contributed by atoms with Gasteiger partial charge in [0.05, 0.1) is 35.5 Å². The van der Waals surface area contributed by atoms with Crippen LogP contribution in [-0.2, 0) is 105 Å². The van der Waals surface area contributed by atoms with Crippen LogP contribution in [0.25, 0.3) is 4.85 Å². The highest BCUT2D eigenvalue weighted by molar-refractivity contribution is 5.84. The van der Waals surface area contributed by atoms with Gasteiger partial charge in [-0.15, -0.1) is 0 Å². The number of esters is 11. The zero-order valence-corrected chi connectivity index (χ0v) is 49.0. The molecule has 0 N–H and O–H groups in total. The van der Waals surface area contributed by atoms with Crippen molar-refractivity contribution in [1.82, 2.24) is 0 Å². The average Bonchev–Trinajstić information content (AvgIpc) is 3.61. The summed E-state index contributed by atoms with van der Waals surface area (Å²) < 4.78 is 56.5.